The Kier molecular flexibility index (Phi) is 47.4. The normalized spacial score (nSPS) is 16.6. The third-order valence-electron chi connectivity index (χ3n) is 15.2. The van der Waals surface area contributed by atoms with Crippen molar-refractivity contribution in [3.8, 4) is 0 Å². The molecule has 0 aromatic rings. The summed E-state index contributed by atoms with van der Waals surface area (Å²) in [5.41, 5.74) is 0. The van der Waals surface area contributed by atoms with Crippen molar-refractivity contribution in [3.05, 3.63) is 0 Å². The molecule has 63 heteroatoms. The van der Waals surface area contributed by atoms with Gasteiger partial charge in [0.1, 0.15) is 0 Å². The predicted molar refractivity (Wildman–Crippen MR) is 596 cm³/mol. The van der Waals surface area contributed by atoms with E-state index < -0.39 is 275 Å². The maximum absolute atomic E-state index is 7.04. The monoisotopic (exact) mass is 2350 g/mol. The van der Waals surface area contributed by atoms with Crippen LogP contribution in [0.4, 0.5) is 0 Å². The summed E-state index contributed by atoms with van der Waals surface area (Å²) >= 11 is 0. The quantitative estimate of drug-likeness (QED) is 0.0511. The molecule has 0 aliphatic heterocycles. The minimum Gasteiger partial charge on any atom is -0.439 e. The first-order valence-corrected chi connectivity index (χ1v) is 135. The Bertz CT molecular complexity index is 3330. The minimum absolute atomic E-state index is 1.71. The van der Waals surface area contributed by atoms with Gasteiger partial charge in [0.25, 0.3) is 18.6 Å². The third-order valence-corrected chi connectivity index (χ3v) is 137. The molecule has 127 heavy (non-hydrogen) atoms. The molecule has 0 saturated heterocycles. The molecule has 0 rings (SSSR count). The topological polar surface area (TPSA) is 286 Å². The first-order chi connectivity index (χ1) is 54.3. The van der Waals surface area contributed by atoms with Gasteiger partial charge in [-0.3, -0.25) is 0 Å². The van der Waals surface area contributed by atoms with Crippen molar-refractivity contribution in [1.29, 1.82) is 0 Å². The third kappa shape index (κ3) is 62.9. The van der Waals surface area contributed by atoms with Crippen molar-refractivity contribution in [3.63, 3.8) is 0 Å². The van der Waals surface area contributed by atoms with E-state index in [4.69, 9.17) is 128 Å². The molecule has 0 bridgehead atoms. The smallest absolute Gasteiger partial charge is 0.314 e. The van der Waals surface area contributed by atoms with Crippen LogP contribution >= 0.6 is 0 Å². The number of hydrogen-bond acceptors (Lipinski definition) is 31. The molecule has 0 aromatic heterocycles. The van der Waals surface area contributed by atoms with Crippen LogP contribution < -0.4 is 0 Å². The zero-order valence-electron chi connectivity index (χ0n) is 92.8. The van der Waals surface area contributed by atoms with Crippen LogP contribution in [0.25, 0.3) is 0 Å². The highest BCUT2D eigenvalue weighted by atomic mass is 28.6. The standard InChI is InChI=1S/C64H194O31Si32/c1-96(66-98(3,4)5)65-97(2)67-100(9,10)69-102(13,14)71-104(17,18)73-106(21,22)75-108(25,26)77-110(29,30)79-112(33,34)81-114(37,38)83-116(41,42)85-118(45,46)87-120(49,50)89-122(53,54)91-124(57,58)93-126(61,62)95-127(63,64)94-125(59,60)92-123(55,56)90-121(51,52)88-119(47,48)86-117(43,44)84-115(39,40)82-113(35,36)80-111(31,32)78-109(27,28)76-107(23,24)74-105(19,20)72-103(15,16)70-101(11,12)68-99(6,7)8/h96-97H,1-64H3. The Morgan fingerprint density at radius 3 is 0.260 bits per heavy atom. The highest BCUT2D eigenvalue weighted by molar-refractivity contribution is 6.99. The summed E-state index contributed by atoms with van der Waals surface area (Å²) in [6.45, 7) is 133. The van der Waals surface area contributed by atoms with E-state index in [0.29, 0.717) is 0 Å². The summed E-state index contributed by atoms with van der Waals surface area (Å²) in [6, 6.07) is 0. The van der Waals surface area contributed by atoms with Gasteiger partial charge in [0.15, 0.2) is 16.6 Å². The lowest BCUT2D eigenvalue weighted by atomic mass is 11.8. The van der Waals surface area contributed by atoms with Gasteiger partial charge >= 0.3 is 240 Å². The van der Waals surface area contributed by atoms with E-state index in [1.807, 2.05) is 0 Å². The molecule has 0 radical (unpaired) electrons. The lowest BCUT2D eigenvalue weighted by Crippen LogP contribution is -2.63. The Labute approximate surface area is 813 Å². The van der Waals surface area contributed by atoms with Crippen molar-refractivity contribution in [2.45, 2.75) is 419 Å². The molecule has 31 nitrogen and oxygen atoms in total. The van der Waals surface area contributed by atoms with Crippen molar-refractivity contribution in [2.24, 2.45) is 0 Å². The van der Waals surface area contributed by atoms with E-state index in [2.05, 4.69) is 419 Å². The van der Waals surface area contributed by atoms with Crippen LogP contribution in [0.1, 0.15) is 0 Å². The fraction of sp³-hybridized carbons (Fsp3) is 1.00. The summed E-state index contributed by atoms with van der Waals surface area (Å²) in [5.74, 6) is 0. The summed E-state index contributed by atoms with van der Waals surface area (Å²) in [7, 11) is -87.3. The average molecular weight is 2360 g/mol. The van der Waals surface area contributed by atoms with Gasteiger partial charge in [0.05, 0.1) is 0 Å². The summed E-state index contributed by atoms with van der Waals surface area (Å²) < 4.78 is 214. The molecular weight excluding hydrogens is 2160 g/mol. The van der Waals surface area contributed by atoms with Crippen LogP contribution in [0.5, 0.6) is 0 Å². The van der Waals surface area contributed by atoms with Crippen LogP contribution in [0.15, 0.2) is 0 Å². The fourth-order valence-corrected chi connectivity index (χ4v) is 178. The Morgan fingerprint density at radius 1 is 0.0945 bits per heavy atom. The van der Waals surface area contributed by atoms with Crippen molar-refractivity contribution in [1.82, 2.24) is 0 Å². The molecule has 0 fully saturated rings. The van der Waals surface area contributed by atoms with E-state index in [1.54, 1.807) is 0 Å². The molecule has 0 spiro atoms. The van der Waals surface area contributed by atoms with Gasteiger partial charge in [-0.15, -0.1) is 0 Å². The first kappa shape index (κ1) is 133. The number of rotatable bonds is 62. The van der Waals surface area contributed by atoms with E-state index in [0.717, 1.165) is 0 Å². The highest BCUT2D eigenvalue weighted by Gasteiger charge is 2.58. The Hall–Kier alpha value is 5.70. The zero-order chi connectivity index (χ0) is 102. The van der Waals surface area contributed by atoms with E-state index in [1.165, 1.54) is 0 Å². The molecule has 0 amide bonds. The molecule has 0 N–H and O–H groups in total. The molecule has 0 saturated carbocycles. The summed E-state index contributed by atoms with van der Waals surface area (Å²) in [4.78, 5) is 0. The van der Waals surface area contributed by atoms with E-state index >= 15 is 0 Å². The van der Waals surface area contributed by atoms with Crippen LogP contribution in [0.2, 0.25) is 419 Å². The molecule has 764 valence electrons. The van der Waals surface area contributed by atoms with Crippen LogP contribution in [0.3, 0.4) is 0 Å². The first-order valence-electron chi connectivity index (χ1n) is 44.9. The lowest BCUT2D eigenvalue weighted by Gasteiger charge is -2.45. The largest absolute Gasteiger partial charge is 0.439 e. The summed E-state index contributed by atoms with van der Waals surface area (Å²) in [5, 5.41) is 0. The fourth-order valence-electron chi connectivity index (χ4n) is 18.5. The SMILES string of the molecule is C[SiH](O[SiH](C)O[Si](C)(C)O[Si](C)(C)O[Si](C)(C)O[Si](C)(C)O[Si](C)(C)O[Si](C)(C)O[Si](C)(C)O[Si](C)(C)O[Si](C)(C)O[Si](C)(C)O[Si](C)(C)O[Si](C)(C)O[Si](C)(C)O[Si](C)(C)O[Si](C)(C)O[Si](C)(C)O[Si](C)(C)O[Si](C)(C)O[Si](C)(C)O[Si](C)(C)O[Si](C)(C)O[Si](C)(C)O[Si](C)(C)O[Si](C)(C)O[Si](C)(C)O[Si](C)(C)O[Si](C)(C)O[Si](C)(C)O[Si](C)(C)C)O[Si](C)(C)C. The zero-order valence-corrected chi connectivity index (χ0v) is 125. The van der Waals surface area contributed by atoms with E-state index in [9.17, 15) is 0 Å². The van der Waals surface area contributed by atoms with E-state index in [-0.39, 0.29) is 0 Å². The molecular formula is C64H194O31Si32. The Morgan fingerprint density at radius 2 is 0.173 bits per heavy atom. The second-order valence-corrected chi connectivity index (χ2v) is 163. The molecule has 2 atom stereocenters. The Balaban J connectivity index is 5.96. The van der Waals surface area contributed by atoms with Gasteiger partial charge in [0, 0.05) is 0 Å². The molecule has 0 aliphatic carbocycles. The average Bonchev–Trinajstić information content (AvgIpc) is 0.801. The number of hydrogen-bond donors (Lipinski definition) is 0. The van der Waals surface area contributed by atoms with Crippen molar-refractivity contribution < 1.29 is 128 Å². The van der Waals surface area contributed by atoms with Gasteiger partial charge in [-0.1, -0.05) is 0 Å². The molecule has 2 unspecified atom stereocenters. The van der Waals surface area contributed by atoms with Crippen LogP contribution in [-0.2, 0) is 128 Å². The second-order valence-electron chi connectivity index (χ2n) is 47.8. The highest BCUT2D eigenvalue weighted by Crippen LogP contribution is 2.39. The minimum atomic E-state index is -2.94. The lowest BCUT2D eigenvalue weighted by molar-refractivity contribution is 0.243. The maximum Gasteiger partial charge on any atom is 0.314 e. The van der Waals surface area contributed by atoms with Crippen LogP contribution in [0, 0.1) is 0 Å². The van der Waals surface area contributed by atoms with Crippen LogP contribution in [-0.4, -0.2) is 275 Å². The van der Waals surface area contributed by atoms with Gasteiger partial charge in [0.2, 0.25) is 0 Å². The van der Waals surface area contributed by atoms with Gasteiger partial charge in [-0.2, -0.15) is 0 Å². The van der Waals surface area contributed by atoms with Gasteiger partial charge in [-0.25, -0.2) is 0 Å². The van der Waals surface area contributed by atoms with Gasteiger partial charge < -0.3 is 128 Å². The predicted octanol–water partition coefficient (Wildman–Crippen LogP) is 22.5. The molecule has 0 aliphatic rings. The van der Waals surface area contributed by atoms with Crippen molar-refractivity contribution in [2.75, 3.05) is 0 Å². The van der Waals surface area contributed by atoms with Gasteiger partial charge in [-0.05, 0) is 419 Å². The maximum atomic E-state index is 7.04. The second kappa shape index (κ2) is 45.4. The summed E-state index contributed by atoms with van der Waals surface area (Å²) in [6.07, 6.45) is 0. The molecule has 0 aromatic carbocycles. The molecule has 0 heterocycles. The van der Waals surface area contributed by atoms with Crippen molar-refractivity contribution >= 4 is 275 Å².